The molecule has 0 saturated heterocycles. The maximum atomic E-state index is 13.6. The van der Waals surface area contributed by atoms with Crippen LogP contribution in [-0.4, -0.2) is 42.3 Å². The molecule has 0 fully saturated rings. The summed E-state index contributed by atoms with van der Waals surface area (Å²) in [6, 6.07) is 13.7. The van der Waals surface area contributed by atoms with Gasteiger partial charge in [-0.15, -0.1) is 0 Å². The van der Waals surface area contributed by atoms with Crippen LogP contribution in [0.4, 0.5) is 30.5 Å². The van der Waals surface area contributed by atoms with Crippen molar-refractivity contribution >= 4 is 35.2 Å². The van der Waals surface area contributed by atoms with E-state index in [9.17, 15) is 37.8 Å². The quantitative estimate of drug-likeness (QED) is 0.223. The number of aryl methyl sites for hydroxylation is 2. The highest BCUT2D eigenvalue weighted by Crippen LogP contribution is 2.33. The number of anilines is 3. The first-order chi connectivity index (χ1) is 22.8. The molecule has 3 heterocycles. The molecule has 0 saturated carbocycles. The Bertz CT molecular complexity index is 1900. The molecule has 0 spiro atoms. The van der Waals surface area contributed by atoms with Gasteiger partial charge in [-0.3, -0.25) is 9.78 Å². The van der Waals surface area contributed by atoms with Crippen molar-refractivity contribution in [2.24, 2.45) is 0 Å². The summed E-state index contributed by atoms with van der Waals surface area (Å²) in [5, 5.41) is 25.0. The van der Waals surface area contributed by atoms with Crippen LogP contribution in [0.25, 0.3) is 16.9 Å². The molecule has 1 amide bonds. The number of rotatable bonds is 10. The molecule has 3 aromatic heterocycles. The fraction of sp³-hybridized carbons (Fsp3) is 0.182. The van der Waals surface area contributed by atoms with Gasteiger partial charge in [0.2, 0.25) is 5.95 Å². The Morgan fingerprint density at radius 3 is 2.29 bits per heavy atom. The number of hydrogen-bond donors (Lipinski definition) is 2. The van der Waals surface area contributed by atoms with E-state index in [2.05, 4.69) is 30.6 Å². The average Bonchev–Trinajstić information content (AvgIpc) is 3.48. The normalized spacial score (nSPS) is 10.9. The molecule has 0 aliphatic carbocycles. The number of carbonyl (C=O) groups excluding carboxylic acids is 3. The molecular weight excluding hydrogens is 631 g/mol. The third-order valence-corrected chi connectivity index (χ3v) is 6.63. The van der Waals surface area contributed by atoms with Gasteiger partial charge in [-0.2, -0.15) is 13.2 Å². The summed E-state index contributed by atoms with van der Waals surface area (Å²) < 4.78 is 42.3. The molecule has 0 unspecified atom stereocenters. The SMILES string of the molecule is Cc1cn(-c2cc(NC(=O)c3ccc(C)c(Nc4nccc(-c5cccnc5)n4)c3)cc(C(F)(F)F)c2)cn1.O=C([O-])CCCC(=O)[O-]. The third kappa shape index (κ3) is 9.94. The Morgan fingerprint density at radius 2 is 1.67 bits per heavy atom. The molecule has 0 aliphatic rings. The van der Waals surface area contributed by atoms with Gasteiger partial charge in [0.1, 0.15) is 0 Å². The van der Waals surface area contributed by atoms with E-state index in [0.29, 0.717) is 23.0 Å². The molecule has 48 heavy (non-hydrogen) atoms. The van der Waals surface area contributed by atoms with Gasteiger partial charge in [-0.05, 0) is 87.2 Å². The molecule has 0 atom stereocenters. The van der Waals surface area contributed by atoms with E-state index in [-0.39, 0.29) is 36.2 Å². The summed E-state index contributed by atoms with van der Waals surface area (Å²) in [5.41, 5.74) is 3.09. The zero-order valence-corrected chi connectivity index (χ0v) is 25.6. The standard InChI is InChI=1S/C28H22F3N7O.C5H8O4/c1-17-5-6-19(10-25(17)37-27-33-9-7-24(36-27)20-4-3-8-32-14-20)26(39)35-22-11-21(28(29,30)31)12-23(13-22)38-15-18(2)34-16-38;6-4(7)2-1-3-5(8)9/h3-16H,1-2H3,(H,35,39)(H,33,36,37);1-3H2,(H,6,7)(H,8,9)/p-2. The second kappa shape index (κ2) is 15.4. The van der Waals surface area contributed by atoms with E-state index in [1.165, 1.54) is 17.0 Å². The smallest absolute Gasteiger partial charge is 0.416 e. The van der Waals surface area contributed by atoms with Crippen molar-refractivity contribution in [3.8, 4) is 16.9 Å². The number of amides is 1. The highest BCUT2D eigenvalue weighted by molar-refractivity contribution is 6.05. The molecule has 12 nitrogen and oxygen atoms in total. The largest absolute Gasteiger partial charge is 0.550 e. The van der Waals surface area contributed by atoms with Crippen LogP contribution in [-0.2, 0) is 15.8 Å². The summed E-state index contributed by atoms with van der Waals surface area (Å²) in [6.45, 7) is 3.58. The summed E-state index contributed by atoms with van der Waals surface area (Å²) in [6.07, 6.45) is 3.04. The number of aromatic nitrogens is 5. The van der Waals surface area contributed by atoms with Crippen molar-refractivity contribution < 1.29 is 37.8 Å². The first-order valence-electron chi connectivity index (χ1n) is 14.3. The number of nitrogens with zero attached hydrogens (tertiary/aromatic N) is 5. The summed E-state index contributed by atoms with van der Waals surface area (Å²) in [5.74, 6) is -2.71. The number of hydrogen-bond acceptors (Lipinski definition) is 10. The highest BCUT2D eigenvalue weighted by atomic mass is 19.4. The lowest BCUT2D eigenvalue weighted by Crippen LogP contribution is -2.25. The molecule has 5 rings (SSSR count). The van der Waals surface area contributed by atoms with Crippen LogP contribution >= 0.6 is 0 Å². The number of alkyl halides is 3. The highest BCUT2D eigenvalue weighted by Gasteiger charge is 2.31. The van der Waals surface area contributed by atoms with E-state index in [1.54, 1.807) is 62.0 Å². The summed E-state index contributed by atoms with van der Waals surface area (Å²) in [7, 11) is 0. The van der Waals surface area contributed by atoms with E-state index in [0.717, 1.165) is 23.3 Å². The van der Waals surface area contributed by atoms with Gasteiger partial charge >= 0.3 is 6.18 Å². The number of nitrogens with one attached hydrogen (secondary N) is 2. The zero-order chi connectivity index (χ0) is 34.8. The average molecular weight is 660 g/mol. The number of carbonyl (C=O) groups is 3. The molecule has 0 radical (unpaired) electrons. The Morgan fingerprint density at radius 1 is 0.917 bits per heavy atom. The van der Waals surface area contributed by atoms with Gasteiger partial charge in [0.05, 0.1) is 23.3 Å². The monoisotopic (exact) mass is 659 g/mol. The topological polar surface area (TPSA) is 178 Å². The van der Waals surface area contributed by atoms with Crippen LogP contribution in [0.15, 0.2) is 85.7 Å². The molecule has 0 bridgehead atoms. The number of benzene rings is 2. The fourth-order valence-electron chi connectivity index (χ4n) is 4.25. The van der Waals surface area contributed by atoms with Crippen LogP contribution < -0.4 is 20.8 Å². The minimum atomic E-state index is -4.60. The van der Waals surface area contributed by atoms with Gasteiger partial charge in [0.15, 0.2) is 0 Å². The summed E-state index contributed by atoms with van der Waals surface area (Å²) in [4.78, 5) is 49.4. The number of imidazole rings is 1. The first kappa shape index (κ1) is 34.7. The van der Waals surface area contributed by atoms with Crippen molar-refractivity contribution in [2.45, 2.75) is 39.3 Å². The van der Waals surface area contributed by atoms with Gasteiger partial charge in [-0.1, -0.05) is 6.07 Å². The minimum absolute atomic E-state index is 0.00114. The third-order valence-electron chi connectivity index (χ3n) is 6.63. The Balaban J connectivity index is 0.000000508. The molecule has 15 heteroatoms. The van der Waals surface area contributed by atoms with E-state index < -0.39 is 29.6 Å². The van der Waals surface area contributed by atoms with Gasteiger partial charge in [0.25, 0.3) is 5.91 Å². The van der Waals surface area contributed by atoms with Crippen molar-refractivity contribution in [3.63, 3.8) is 0 Å². The van der Waals surface area contributed by atoms with Gasteiger partial charge in [-0.25, -0.2) is 15.0 Å². The van der Waals surface area contributed by atoms with Crippen LogP contribution in [0.1, 0.15) is 46.4 Å². The molecular formula is C33H28F3N7O5-2. The molecule has 248 valence electrons. The number of carboxylic acid groups (broad SMARTS) is 2. The van der Waals surface area contributed by atoms with E-state index in [1.807, 2.05) is 13.0 Å². The lowest BCUT2D eigenvalue weighted by Gasteiger charge is -2.14. The van der Waals surface area contributed by atoms with Crippen LogP contribution in [0.2, 0.25) is 0 Å². The zero-order valence-electron chi connectivity index (χ0n) is 25.6. The van der Waals surface area contributed by atoms with E-state index >= 15 is 0 Å². The summed E-state index contributed by atoms with van der Waals surface area (Å²) >= 11 is 0. The fourth-order valence-corrected chi connectivity index (χ4v) is 4.25. The van der Waals surface area contributed by atoms with E-state index in [4.69, 9.17) is 0 Å². The minimum Gasteiger partial charge on any atom is -0.550 e. The maximum Gasteiger partial charge on any atom is 0.416 e. The Labute approximate surface area is 272 Å². The first-order valence-corrected chi connectivity index (χ1v) is 14.3. The van der Waals surface area contributed by atoms with Crippen molar-refractivity contribution in [1.82, 2.24) is 24.5 Å². The maximum absolute atomic E-state index is 13.6. The van der Waals surface area contributed by atoms with Gasteiger partial charge < -0.3 is 35.0 Å². The number of aliphatic carboxylic acids is 2. The van der Waals surface area contributed by atoms with Crippen LogP contribution in [0.5, 0.6) is 0 Å². The predicted octanol–water partition coefficient (Wildman–Crippen LogP) is 4.01. The Hall–Kier alpha value is -6.12. The molecule has 2 N–H and O–H groups in total. The number of halogens is 3. The lowest BCUT2D eigenvalue weighted by atomic mass is 10.1. The molecule has 5 aromatic rings. The lowest BCUT2D eigenvalue weighted by molar-refractivity contribution is -0.307. The van der Waals surface area contributed by atoms with Gasteiger partial charge in [0, 0.05) is 64.9 Å². The van der Waals surface area contributed by atoms with Crippen molar-refractivity contribution in [1.29, 1.82) is 0 Å². The predicted molar refractivity (Wildman–Crippen MR) is 165 cm³/mol. The molecule has 2 aromatic carbocycles. The number of pyridine rings is 1. The Kier molecular flexibility index (Phi) is 11.2. The van der Waals surface area contributed by atoms with Crippen LogP contribution in [0.3, 0.4) is 0 Å². The molecule has 0 aliphatic heterocycles. The second-order valence-corrected chi connectivity index (χ2v) is 10.4. The second-order valence-electron chi connectivity index (χ2n) is 10.4. The van der Waals surface area contributed by atoms with Crippen molar-refractivity contribution in [3.05, 3.63) is 108 Å². The van der Waals surface area contributed by atoms with Crippen LogP contribution in [0, 0.1) is 13.8 Å². The van der Waals surface area contributed by atoms with Crippen molar-refractivity contribution in [2.75, 3.05) is 10.6 Å². The number of carboxylic acids is 2.